The summed E-state index contributed by atoms with van der Waals surface area (Å²) in [7, 11) is 0. The van der Waals surface area contributed by atoms with E-state index < -0.39 is 6.10 Å². The van der Waals surface area contributed by atoms with E-state index in [1.165, 1.54) is 0 Å². The number of β-lactam (4-membered cyclic amide) rings is 1. The molecule has 0 spiro atoms. The van der Waals surface area contributed by atoms with Crippen LogP contribution in [0.25, 0.3) is 0 Å². The molecule has 1 aliphatic rings. The van der Waals surface area contributed by atoms with Crippen LogP contribution >= 0.6 is 0 Å². The van der Waals surface area contributed by atoms with E-state index in [-0.39, 0.29) is 17.9 Å². The lowest BCUT2D eigenvalue weighted by atomic mass is 9.80. The van der Waals surface area contributed by atoms with Gasteiger partial charge in [0.25, 0.3) is 5.91 Å². The molecule has 0 aliphatic carbocycles. The normalized spacial score (nSPS) is 23.5. The maximum atomic E-state index is 11.2. The Kier molecular flexibility index (Phi) is 3.09. The number of amides is 1. The first-order valence-corrected chi connectivity index (χ1v) is 6.30. The monoisotopic (exact) mass is 257 g/mol. The van der Waals surface area contributed by atoms with Crippen molar-refractivity contribution in [2.45, 2.75) is 24.5 Å². The second-order valence-electron chi connectivity index (χ2n) is 4.83. The van der Waals surface area contributed by atoms with E-state index in [9.17, 15) is 9.90 Å². The minimum absolute atomic E-state index is 0.0477. The highest BCUT2D eigenvalue weighted by Gasteiger charge is 2.43. The largest absolute Gasteiger partial charge is 0.472 e. The molecule has 1 unspecified atom stereocenters. The van der Waals surface area contributed by atoms with Crippen molar-refractivity contribution in [3.05, 3.63) is 60.1 Å². The van der Waals surface area contributed by atoms with Gasteiger partial charge in [0.1, 0.15) is 0 Å². The van der Waals surface area contributed by atoms with Gasteiger partial charge in [-0.15, -0.1) is 0 Å². The Hall–Kier alpha value is -2.07. The maximum Gasteiger partial charge on any atom is 0.251 e. The Morgan fingerprint density at radius 2 is 2.05 bits per heavy atom. The van der Waals surface area contributed by atoms with E-state index in [0.29, 0.717) is 0 Å². The number of carbonyl (C=O) groups excluding carboxylic acids is 1. The summed E-state index contributed by atoms with van der Waals surface area (Å²) in [5.41, 5.74) is 2.16. The summed E-state index contributed by atoms with van der Waals surface area (Å²) >= 11 is 0. The van der Waals surface area contributed by atoms with E-state index in [4.69, 9.17) is 4.42 Å². The molecule has 98 valence electrons. The Balaban J connectivity index is 1.86. The third kappa shape index (κ3) is 2.27. The molecule has 2 aromatic rings. The van der Waals surface area contributed by atoms with Gasteiger partial charge in [0.15, 0.2) is 6.10 Å². The van der Waals surface area contributed by atoms with Gasteiger partial charge in [0.2, 0.25) is 0 Å². The van der Waals surface area contributed by atoms with Gasteiger partial charge in [-0.2, -0.15) is 0 Å². The Morgan fingerprint density at radius 1 is 1.26 bits per heavy atom. The van der Waals surface area contributed by atoms with E-state index in [1.807, 2.05) is 36.4 Å². The van der Waals surface area contributed by atoms with Crippen molar-refractivity contribution in [1.82, 2.24) is 5.32 Å². The van der Waals surface area contributed by atoms with Gasteiger partial charge in [-0.25, -0.2) is 0 Å². The minimum atomic E-state index is -0.919. The number of nitrogens with one attached hydrogen (secondary N) is 1. The molecule has 0 bridgehead atoms. The van der Waals surface area contributed by atoms with Crippen LogP contribution in [-0.2, 0) is 11.2 Å². The third-order valence-corrected chi connectivity index (χ3v) is 3.61. The van der Waals surface area contributed by atoms with Crippen LogP contribution in [0.5, 0.6) is 0 Å². The second kappa shape index (κ2) is 4.90. The molecule has 2 N–H and O–H groups in total. The smallest absolute Gasteiger partial charge is 0.251 e. The van der Waals surface area contributed by atoms with Crippen LogP contribution < -0.4 is 5.32 Å². The highest BCUT2D eigenvalue weighted by atomic mass is 16.3. The van der Waals surface area contributed by atoms with Crippen LogP contribution in [0.1, 0.15) is 17.0 Å². The van der Waals surface area contributed by atoms with Gasteiger partial charge >= 0.3 is 0 Å². The fourth-order valence-corrected chi connectivity index (χ4v) is 2.53. The Labute approximate surface area is 111 Å². The van der Waals surface area contributed by atoms with Crippen LogP contribution in [0.4, 0.5) is 0 Å². The van der Waals surface area contributed by atoms with Crippen molar-refractivity contribution in [1.29, 1.82) is 0 Å². The fourth-order valence-electron chi connectivity index (χ4n) is 2.53. The fraction of sp³-hybridized carbons (Fsp3) is 0.267. The van der Waals surface area contributed by atoms with Crippen molar-refractivity contribution < 1.29 is 14.3 Å². The van der Waals surface area contributed by atoms with Gasteiger partial charge in [-0.3, -0.25) is 4.79 Å². The molecule has 4 heteroatoms. The van der Waals surface area contributed by atoms with Crippen molar-refractivity contribution in [2.75, 3.05) is 0 Å². The van der Waals surface area contributed by atoms with Crippen LogP contribution in [0.2, 0.25) is 0 Å². The number of aliphatic hydroxyl groups excluding tert-OH is 1. The molecule has 1 aliphatic heterocycles. The summed E-state index contributed by atoms with van der Waals surface area (Å²) in [5, 5.41) is 12.6. The maximum absolute atomic E-state index is 11.2. The van der Waals surface area contributed by atoms with Crippen molar-refractivity contribution in [2.24, 2.45) is 0 Å². The van der Waals surface area contributed by atoms with Crippen LogP contribution in [-0.4, -0.2) is 23.2 Å². The molecular weight excluding hydrogens is 242 g/mol. The molecule has 1 amide bonds. The van der Waals surface area contributed by atoms with Crippen molar-refractivity contribution in [3.63, 3.8) is 0 Å². The summed E-state index contributed by atoms with van der Waals surface area (Å²) in [4.78, 5) is 11.2. The van der Waals surface area contributed by atoms with Gasteiger partial charge in [0, 0.05) is 5.92 Å². The Bertz CT molecular complexity index is 550. The second-order valence-corrected chi connectivity index (χ2v) is 4.83. The lowest BCUT2D eigenvalue weighted by Gasteiger charge is -2.39. The van der Waals surface area contributed by atoms with Gasteiger partial charge in [0.05, 0.1) is 18.6 Å². The van der Waals surface area contributed by atoms with E-state index >= 15 is 0 Å². The summed E-state index contributed by atoms with van der Waals surface area (Å²) in [6.07, 6.45) is 3.13. The molecule has 19 heavy (non-hydrogen) atoms. The summed E-state index contributed by atoms with van der Waals surface area (Å²) in [6, 6.07) is 11.6. The highest BCUT2D eigenvalue weighted by Crippen LogP contribution is 2.30. The average Bonchev–Trinajstić information content (AvgIpc) is 2.96. The predicted molar refractivity (Wildman–Crippen MR) is 69.5 cm³/mol. The minimum Gasteiger partial charge on any atom is -0.472 e. The van der Waals surface area contributed by atoms with E-state index in [2.05, 4.69) is 5.32 Å². The molecule has 1 saturated heterocycles. The van der Waals surface area contributed by atoms with Gasteiger partial charge < -0.3 is 14.8 Å². The average molecular weight is 257 g/mol. The predicted octanol–water partition coefficient (Wildman–Crippen LogP) is 1.47. The number of carbonyl (C=O) groups is 1. The van der Waals surface area contributed by atoms with Crippen LogP contribution in [0.15, 0.2) is 53.3 Å². The molecule has 1 aromatic heterocycles. The zero-order valence-corrected chi connectivity index (χ0v) is 10.3. The summed E-state index contributed by atoms with van der Waals surface area (Å²) < 4.78 is 5.08. The molecule has 0 saturated carbocycles. The van der Waals surface area contributed by atoms with E-state index in [0.717, 1.165) is 17.5 Å². The highest BCUT2D eigenvalue weighted by molar-refractivity contribution is 5.88. The first-order chi connectivity index (χ1) is 9.25. The molecular formula is C15H15NO3. The van der Waals surface area contributed by atoms with Crippen molar-refractivity contribution >= 4 is 5.91 Å². The Morgan fingerprint density at radius 3 is 2.63 bits per heavy atom. The van der Waals surface area contributed by atoms with E-state index in [1.54, 1.807) is 12.5 Å². The number of aliphatic hydroxyl groups is 1. The number of benzene rings is 1. The summed E-state index contributed by atoms with van der Waals surface area (Å²) in [5.74, 6) is -0.246. The first-order valence-electron chi connectivity index (χ1n) is 6.30. The summed E-state index contributed by atoms with van der Waals surface area (Å²) in [6.45, 7) is 0. The topological polar surface area (TPSA) is 62.5 Å². The number of furan rings is 1. The molecule has 3 rings (SSSR count). The molecule has 3 atom stereocenters. The first kappa shape index (κ1) is 12.0. The molecule has 1 fully saturated rings. The standard InChI is InChI=1S/C15H15NO3/c17-14-13(16-15(14)18)12(8-10-6-7-19-9-10)11-4-2-1-3-5-11/h1-7,9,12-14,17H,8H2,(H,16,18)/t12?,13-,14+/m0/s1. The molecule has 1 aromatic carbocycles. The van der Waals surface area contributed by atoms with Gasteiger partial charge in [-0.1, -0.05) is 30.3 Å². The quantitative estimate of drug-likeness (QED) is 0.815. The molecule has 2 heterocycles. The van der Waals surface area contributed by atoms with Crippen LogP contribution in [0, 0.1) is 0 Å². The van der Waals surface area contributed by atoms with Crippen molar-refractivity contribution in [3.8, 4) is 0 Å². The third-order valence-electron chi connectivity index (χ3n) is 3.61. The number of rotatable bonds is 4. The number of hydrogen-bond acceptors (Lipinski definition) is 3. The zero-order valence-electron chi connectivity index (χ0n) is 10.3. The van der Waals surface area contributed by atoms with Gasteiger partial charge in [-0.05, 0) is 23.6 Å². The van der Waals surface area contributed by atoms with Crippen LogP contribution in [0.3, 0.4) is 0 Å². The number of hydrogen-bond donors (Lipinski definition) is 2. The SMILES string of the molecule is O=C1N[C@@H](C(Cc2ccoc2)c2ccccc2)[C@H]1O. The molecule has 0 radical (unpaired) electrons. The zero-order chi connectivity index (χ0) is 13.2. The lowest BCUT2D eigenvalue weighted by molar-refractivity contribution is -0.143. The lowest BCUT2D eigenvalue weighted by Crippen LogP contribution is -2.64. The molecule has 4 nitrogen and oxygen atoms in total.